The van der Waals surface area contributed by atoms with Gasteiger partial charge in [-0.1, -0.05) is 11.8 Å². The molecule has 0 radical (unpaired) electrons. The summed E-state index contributed by atoms with van der Waals surface area (Å²) < 4.78 is 11.2. The van der Waals surface area contributed by atoms with Crippen LogP contribution in [-0.4, -0.2) is 27.9 Å². The zero-order chi connectivity index (χ0) is 18.6. The van der Waals surface area contributed by atoms with Crippen molar-refractivity contribution in [1.29, 1.82) is 0 Å². The van der Waals surface area contributed by atoms with Crippen LogP contribution in [0.3, 0.4) is 0 Å². The van der Waals surface area contributed by atoms with E-state index in [2.05, 4.69) is 15.3 Å². The molecular weight excluding hydrogens is 338 g/mol. The monoisotopic (exact) mass is 361 g/mol. The molecule has 25 heavy (non-hydrogen) atoms. The molecular formula is C18H23N3O3S. The van der Waals surface area contributed by atoms with Crippen LogP contribution in [0.2, 0.25) is 0 Å². The molecule has 6 nitrogen and oxygen atoms in total. The van der Waals surface area contributed by atoms with Gasteiger partial charge in [-0.2, -0.15) is 4.98 Å². The standard InChI is InChI=1S/C18H23N3O3S/c1-11-10-14(23-15-7-8-19-16(21-15)25-6)12(2)9-13(11)20-17(22)24-18(3,4)5/h7-10H,1-6H3,(H,20,22). The lowest BCUT2D eigenvalue weighted by molar-refractivity contribution is 0.0636. The first-order valence-electron chi connectivity index (χ1n) is 7.84. The Kier molecular flexibility index (Phi) is 5.89. The van der Waals surface area contributed by atoms with Gasteiger partial charge in [0.1, 0.15) is 11.4 Å². The molecule has 0 unspecified atom stereocenters. The summed E-state index contributed by atoms with van der Waals surface area (Å²) in [5.74, 6) is 1.16. The van der Waals surface area contributed by atoms with E-state index in [1.807, 2.05) is 53.0 Å². The number of hydrogen-bond donors (Lipinski definition) is 1. The summed E-state index contributed by atoms with van der Waals surface area (Å²) in [5.41, 5.74) is 1.89. The van der Waals surface area contributed by atoms with Crippen LogP contribution in [0.4, 0.5) is 10.5 Å². The number of benzene rings is 1. The Balaban J connectivity index is 2.17. The zero-order valence-electron chi connectivity index (χ0n) is 15.3. The highest BCUT2D eigenvalue weighted by Crippen LogP contribution is 2.30. The number of nitrogens with one attached hydrogen (secondary N) is 1. The number of aromatic nitrogens is 2. The summed E-state index contributed by atoms with van der Waals surface area (Å²) in [6, 6.07) is 5.43. The van der Waals surface area contributed by atoms with E-state index in [9.17, 15) is 4.79 Å². The number of carbonyl (C=O) groups excluding carboxylic acids is 1. The number of nitrogens with zero attached hydrogens (tertiary/aromatic N) is 2. The van der Waals surface area contributed by atoms with Crippen LogP contribution in [0.25, 0.3) is 0 Å². The smallest absolute Gasteiger partial charge is 0.412 e. The fraction of sp³-hybridized carbons (Fsp3) is 0.389. The first-order chi connectivity index (χ1) is 11.7. The van der Waals surface area contributed by atoms with E-state index >= 15 is 0 Å². The number of aryl methyl sites for hydroxylation is 2. The van der Waals surface area contributed by atoms with E-state index in [0.29, 0.717) is 22.5 Å². The van der Waals surface area contributed by atoms with Gasteiger partial charge in [0.15, 0.2) is 5.16 Å². The number of amides is 1. The predicted molar refractivity (Wildman–Crippen MR) is 99.7 cm³/mol. The van der Waals surface area contributed by atoms with Crippen LogP contribution < -0.4 is 10.1 Å². The summed E-state index contributed by atoms with van der Waals surface area (Å²) in [4.78, 5) is 20.4. The third-order valence-electron chi connectivity index (χ3n) is 3.16. The molecule has 2 rings (SSSR count). The van der Waals surface area contributed by atoms with Gasteiger partial charge in [0, 0.05) is 18.0 Å². The number of carbonyl (C=O) groups is 1. The molecule has 0 aliphatic rings. The number of thioether (sulfide) groups is 1. The van der Waals surface area contributed by atoms with Crippen molar-refractivity contribution in [1.82, 2.24) is 9.97 Å². The van der Waals surface area contributed by atoms with Crippen LogP contribution in [0.5, 0.6) is 11.6 Å². The fourth-order valence-corrected chi connectivity index (χ4v) is 2.39. The van der Waals surface area contributed by atoms with E-state index in [1.54, 1.807) is 12.3 Å². The Hall–Kier alpha value is -2.28. The Labute approximate surface area is 152 Å². The quantitative estimate of drug-likeness (QED) is 0.613. The lowest BCUT2D eigenvalue weighted by Gasteiger charge is -2.20. The molecule has 0 saturated heterocycles. The largest absolute Gasteiger partial charge is 0.444 e. The molecule has 7 heteroatoms. The van der Waals surface area contributed by atoms with Crippen LogP contribution >= 0.6 is 11.8 Å². The molecule has 0 spiro atoms. The molecule has 0 aliphatic heterocycles. The highest BCUT2D eigenvalue weighted by molar-refractivity contribution is 7.98. The number of anilines is 1. The first kappa shape index (κ1) is 19.1. The summed E-state index contributed by atoms with van der Waals surface area (Å²) in [6.07, 6.45) is 3.09. The molecule has 134 valence electrons. The molecule has 0 saturated carbocycles. The van der Waals surface area contributed by atoms with E-state index < -0.39 is 11.7 Å². The minimum atomic E-state index is -0.544. The van der Waals surface area contributed by atoms with Gasteiger partial charge >= 0.3 is 6.09 Å². The second-order valence-electron chi connectivity index (χ2n) is 6.54. The Morgan fingerprint density at radius 3 is 2.56 bits per heavy atom. The van der Waals surface area contributed by atoms with Gasteiger partial charge in [0.25, 0.3) is 0 Å². The van der Waals surface area contributed by atoms with Crippen LogP contribution in [0, 0.1) is 13.8 Å². The summed E-state index contributed by atoms with van der Waals surface area (Å²) in [5, 5.41) is 3.42. The van der Waals surface area contributed by atoms with Gasteiger partial charge in [-0.25, -0.2) is 9.78 Å². The van der Waals surface area contributed by atoms with Crippen LogP contribution in [0.15, 0.2) is 29.6 Å². The average Bonchev–Trinajstić information content (AvgIpc) is 2.50. The minimum Gasteiger partial charge on any atom is -0.444 e. The normalized spacial score (nSPS) is 11.1. The minimum absolute atomic E-state index is 0.481. The lowest BCUT2D eigenvalue weighted by atomic mass is 10.1. The molecule has 1 amide bonds. The molecule has 0 fully saturated rings. The second-order valence-corrected chi connectivity index (χ2v) is 7.32. The number of ether oxygens (including phenoxy) is 2. The van der Waals surface area contributed by atoms with Crippen molar-refractivity contribution in [3.8, 4) is 11.6 Å². The van der Waals surface area contributed by atoms with Crippen molar-refractivity contribution in [3.05, 3.63) is 35.5 Å². The van der Waals surface area contributed by atoms with Gasteiger partial charge in [-0.05, 0) is 64.1 Å². The van der Waals surface area contributed by atoms with Crippen molar-refractivity contribution in [2.75, 3.05) is 11.6 Å². The Bertz CT molecular complexity index is 773. The van der Waals surface area contributed by atoms with Gasteiger partial charge < -0.3 is 9.47 Å². The van der Waals surface area contributed by atoms with E-state index in [-0.39, 0.29) is 0 Å². The topological polar surface area (TPSA) is 73.3 Å². The molecule has 0 aliphatic carbocycles. The molecule has 1 heterocycles. The summed E-state index contributed by atoms with van der Waals surface area (Å²) >= 11 is 1.45. The molecule has 1 N–H and O–H groups in total. The number of hydrogen-bond acceptors (Lipinski definition) is 6. The van der Waals surface area contributed by atoms with Crippen molar-refractivity contribution in [3.63, 3.8) is 0 Å². The van der Waals surface area contributed by atoms with E-state index in [1.165, 1.54) is 11.8 Å². The zero-order valence-corrected chi connectivity index (χ0v) is 16.2. The first-order valence-corrected chi connectivity index (χ1v) is 9.06. The molecule has 1 aromatic carbocycles. The molecule has 0 atom stereocenters. The summed E-state index contributed by atoms with van der Waals surface area (Å²) in [6.45, 7) is 9.28. The lowest BCUT2D eigenvalue weighted by Crippen LogP contribution is -2.27. The maximum absolute atomic E-state index is 12.0. The third-order valence-corrected chi connectivity index (χ3v) is 3.72. The highest BCUT2D eigenvalue weighted by atomic mass is 32.2. The predicted octanol–water partition coefficient (Wildman–Crippen LogP) is 4.95. The van der Waals surface area contributed by atoms with Crippen molar-refractivity contribution in [2.45, 2.75) is 45.4 Å². The van der Waals surface area contributed by atoms with Gasteiger partial charge in [0.05, 0.1) is 0 Å². The van der Waals surface area contributed by atoms with Gasteiger partial charge in [-0.3, -0.25) is 5.32 Å². The average molecular weight is 361 g/mol. The molecule has 2 aromatic rings. The van der Waals surface area contributed by atoms with Gasteiger partial charge in [-0.15, -0.1) is 0 Å². The van der Waals surface area contributed by atoms with E-state index in [4.69, 9.17) is 9.47 Å². The van der Waals surface area contributed by atoms with Crippen molar-refractivity contribution >= 4 is 23.5 Å². The van der Waals surface area contributed by atoms with Crippen LogP contribution in [0.1, 0.15) is 31.9 Å². The van der Waals surface area contributed by atoms with E-state index in [0.717, 1.165) is 11.1 Å². The van der Waals surface area contributed by atoms with Crippen molar-refractivity contribution in [2.24, 2.45) is 0 Å². The molecule has 1 aromatic heterocycles. The van der Waals surface area contributed by atoms with Crippen molar-refractivity contribution < 1.29 is 14.3 Å². The summed E-state index contributed by atoms with van der Waals surface area (Å²) in [7, 11) is 0. The SMILES string of the molecule is CSc1nccc(Oc2cc(C)c(NC(=O)OC(C)(C)C)cc2C)n1. The van der Waals surface area contributed by atoms with Gasteiger partial charge in [0.2, 0.25) is 5.88 Å². The Morgan fingerprint density at radius 2 is 1.92 bits per heavy atom. The van der Waals surface area contributed by atoms with Crippen LogP contribution in [-0.2, 0) is 4.74 Å². The second kappa shape index (κ2) is 7.74. The maximum atomic E-state index is 12.0. The third kappa shape index (κ3) is 5.63. The Morgan fingerprint density at radius 1 is 1.20 bits per heavy atom. The fourth-order valence-electron chi connectivity index (χ4n) is 2.04. The maximum Gasteiger partial charge on any atom is 0.412 e. The molecule has 0 bridgehead atoms. The highest BCUT2D eigenvalue weighted by Gasteiger charge is 2.17. The number of rotatable bonds is 4.